The van der Waals surface area contributed by atoms with E-state index in [1.165, 1.54) is 0 Å². The predicted octanol–water partition coefficient (Wildman–Crippen LogP) is 2.13. The molecule has 0 aliphatic rings. The number of benzene rings is 1. The summed E-state index contributed by atoms with van der Waals surface area (Å²) in [6.45, 7) is 6.35. The van der Waals surface area contributed by atoms with Crippen molar-refractivity contribution >= 4 is 0 Å². The molecule has 0 fully saturated rings. The SMILES string of the molecule is [CH][C@H](COC)c1ccccc1. The van der Waals surface area contributed by atoms with Gasteiger partial charge in [-0.3, -0.25) is 0 Å². The molecule has 0 N–H and O–H groups in total. The number of hydrogen-bond donors (Lipinski definition) is 0. The van der Waals surface area contributed by atoms with Crippen molar-refractivity contribution < 1.29 is 4.74 Å². The molecule has 1 aromatic rings. The van der Waals surface area contributed by atoms with Gasteiger partial charge in [0, 0.05) is 13.0 Å². The summed E-state index contributed by atoms with van der Waals surface area (Å²) in [7, 11) is 1.66. The summed E-state index contributed by atoms with van der Waals surface area (Å²) >= 11 is 0. The van der Waals surface area contributed by atoms with Crippen LogP contribution in [-0.2, 0) is 4.74 Å². The molecule has 1 rings (SSSR count). The summed E-state index contributed by atoms with van der Waals surface area (Å²) in [6, 6.07) is 9.94. The van der Waals surface area contributed by atoms with Gasteiger partial charge in [-0.25, -0.2) is 0 Å². The van der Waals surface area contributed by atoms with Gasteiger partial charge in [0.05, 0.1) is 6.61 Å². The molecule has 0 saturated heterocycles. The van der Waals surface area contributed by atoms with Gasteiger partial charge >= 0.3 is 0 Å². The van der Waals surface area contributed by atoms with Crippen molar-refractivity contribution in [2.75, 3.05) is 13.7 Å². The van der Waals surface area contributed by atoms with Crippen molar-refractivity contribution in [3.05, 3.63) is 42.8 Å². The van der Waals surface area contributed by atoms with Crippen molar-refractivity contribution in [1.29, 1.82) is 0 Å². The van der Waals surface area contributed by atoms with Gasteiger partial charge < -0.3 is 4.74 Å². The van der Waals surface area contributed by atoms with E-state index in [-0.39, 0.29) is 5.92 Å². The summed E-state index contributed by atoms with van der Waals surface area (Å²) in [5, 5.41) is 0. The van der Waals surface area contributed by atoms with E-state index in [0.29, 0.717) is 6.61 Å². The highest BCUT2D eigenvalue weighted by Gasteiger charge is 2.02. The van der Waals surface area contributed by atoms with E-state index >= 15 is 0 Å². The fraction of sp³-hybridized carbons (Fsp3) is 0.300. The molecule has 0 bridgehead atoms. The maximum atomic E-state index is 5.78. The molecular weight excluding hydrogens is 136 g/mol. The quantitative estimate of drug-likeness (QED) is 0.638. The fourth-order valence-electron chi connectivity index (χ4n) is 0.976. The number of rotatable bonds is 3. The van der Waals surface area contributed by atoms with E-state index in [1.807, 2.05) is 30.3 Å². The van der Waals surface area contributed by atoms with Gasteiger partial charge in [-0.05, 0) is 12.5 Å². The van der Waals surface area contributed by atoms with Crippen molar-refractivity contribution in [1.82, 2.24) is 0 Å². The highest BCUT2D eigenvalue weighted by molar-refractivity contribution is 5.20. The molecule has 2 radical (unpaired) electrons. The molecule has 0 unspecified atom stereocenters. The average Bonchev–Trinajstić information content (AvgIpc) is 2.07. The first-order valence-electron chi connectivity index (χ1n) is 3.64. The first-order chi connectivity index (χ1) is 5.34. The molecule has 0 aromatic heterocycles. The third kappa shape index (κ3) is 2.35. The smallest absolute Gasteiger partial charge is 0.0533 e. The second-order valence-corrected chi connectivity index (χ2v) is 2.47. The second kappa shape index (κ2) is 4.14. The fourth-order valence-corrected chi connectivity index (χ4v) is 0.976. The highest BCUT2D eigenvalue weighted by atomic mass is 16.5. The predicted molar refractivity (Wildman–Crippen MR) is 45.4 cm³/mol. The van der Waals surface area contributed by atoms with E-state index in [1.54, 1.807) is 7.11 Å². The standard InChI is InChI=1S/C10H12O/c1-9(8-11-2)10-6-4-3-5-7-10/h1,3-7,9H,8H2,2H3/t9-/m1/s1. The molecule has 1 atom stereocenters. The molecular formula is C10H12O. The number of ether oxygens (including phenoxy) is 1. The van der Waals surface area contributed by atoms with Crippen LogP contribution in [0, 0.1) is 6.92 Å². The zero-order valence-electron chi connectivity index (χ0n) is 6.66. The van der Waals surface area contributed by atoms with Gasteiger partial charge in [0.15, 0.2) is 0 Å². The van der Waals surface area contributed by atoms with Gasteiger partial charge in [-0.15, -0.1) is 0 Å². The lowest BCUT2D eigenvalue weighted by molar-refractivity contribution is 0.190. The van der Waals surface area contributed by atoms with Crippen LogP contribution in [0.1, 0.15) is 11.5 Å². The van der Waals surface area contributed by atoms with E-state index in [4.69, 9.17) is 11.7 Å². The molecule has 0 aliphatic carbocycles. The maximum absolute atomic E-state index is 5.78. The van der Waals surface area contributed by atoms with Crippen LogP contribution in [0.15, 0.2) is 30.3 Å². The van der Waals surface area contributed by atoms with Crippen molar-refractivity contribution in [3.63, 3.8) is 0 Å². The Morgan fingerprint density at radius 3 is 2.55 bits per heavy atom. The lowest BCUT2D eigenvalue weighted by atomic mass is 10.0. The Bertz CT molecular complexity index is 193. The minimum absolute atomic E-state index is 0.00111. The summed E-state index contributed by atoms with van der Waals surface area (Å²) in [4.78, 5) is 0. The van der Waals surface area contributed by atoms with Gasteiger partial charge in [0.25, 0.3) is 0 Å². The van der Waals surface area contributed by atoms with Gasteiger partial charge in [0.2, 0.25) is 0 Å². The van der Waals surface area contributed by atoms with Crippen LogP contribution < -0.4 is 0 Å². The van der Waals surface area contributed by atoms with Crippen molar-refractivity contribution in [3.8, 4) is 0 Å². The van der Waals surface area contributed by atoms with Crippen LogP contribution >= 0.6 is 0 Å². The lowest BCUT2D eigenvalue weighted by Gasteiger charge is -2.08. The van der Waals surface area contributed by atoms with Crippen LogP contribution in [0.25, 0.3) is 0 Å². The van der Waals surface area contributed by atoms with Crippen molar-refractivity contribution in [2.24, 2.45) is 0 Å². The third-order valence-electron chi connectivity index (χ3n) is 1.57. The molecule has 58 valence electrons. The van der Waals surface area contributed by atoms with E-state index < -0.39 is 0 Å². The van der Waals surface area contributed by atoms with E-state index in [9.17, 15) is 0 Å². The van der Waals surface area contributed by atoms with Crippen LogP contribution in [0.2, 0.25) is 0 Å². The summed E-state index contributed by atoms with van der Waals surface area (Å²) in [5.74, 6) is 0.00111. The monoisotopic (exact) mass is 148 g/mol. The Kier molecular flexibility index (Phi) is 3.12. The van der Waals surface area contributed by atoms with Crippen LogP contribution in [0.5, 0.6) is 0 Å². The normalized spacial score (nSPS) is 12.9. The third-order valence-corrected chi connectivity index (χ3v) is 1.57. The average molecular weight is 148 g/mol. The molecule has 1 nitrogen and oxygen atoms in total. The zero-order chi connectivity index (χ0) is 8.10. The summed E-state index contributed by atoms with van der Waals surface area (Å²) in [5.41, 5.74) is 1.12. The number of hydrogen-bond acceptors (Lipinski definition) is 1. The molecule has 11 heavy (non-hydrogen) atoms. The lowest BCUT2D eigenvalue weighted by Crippen LogP contribution is -2.01. The molecule has 1 heteroatoms. The van der Waals surface area contributed by atoms with Crippen LogP contribution in [-0.4, -0.2) is 13.7 Å². The summed E-state index contributed by atoms with van der Waals surface area (Å²) < 4.78 is 4.93. The Morgan fingerprint density at radius 1 is 1.36 bits per heavy atom. The van der Waals surface area contributed by atoms with E-state index in [0.717, 1.165) is 5.56 Å². The minimum Gasteiger partial charge on any atom is -0.384 e. The molecule has 0 aliphatic heterocycles. The van der Waals surface area contributed by atoms with E-state index in [2.05, 4.69) is 0 Å². The van der Waals surface area contributed by atoms with Gasteiger partial charge in [-0.1, -0.05) is 30.3 Å². The van der Waals surface area contributed by atoms with Crippen molar-refractivity contribution in [2.45, 2.75) is 5.92 Å². The Labute approximate surface area is 68.0 Å². The summed E-state index contributed by atoms with van der Waals surface area (Å²) in [6.07, 6.45) is 0. The minimum atomic E-state index is 0.00111. The highest BCUT2D eigenvalue weighted by Crippen LogP contribution is 2.13. The Hall–Kier alpha value is -0.820. The molecule has 0 amide bonds. The zero-order valence-corrected chi connectivity index (χ0v) is 6.66. The number of methoxy groups -OCH3 is 1. The second-order valence-electron chi connectivity index (χ2n) is 2.47. The Balaban J connectivity index is 2.61. The maximum Gasteiger partial charge on any atom is 0.0533 e. The topological polar surface area (TPSA) is 9.23 Å². The van der Waals surface area contributed by atoms with Crippen LogP contribution in [0.3, 0.4) is 0 Å². The Morgan fingerprint density at radius 2 is 2.00 bits per heavy atom. The van der Waals surface area contributed by atoms with Crippen LogP contribution in [0.4, 0.5) is 0 Å². The largest absolute Gasteiger partial charge is 0.384 e. The molecule has 0 spiro atoms. The van der Waals surface area contributed by atoms with Gasteiger partial charge in [0.1, 0.15) is 0 Å². The molecule has 1 aromatic carbocycles. The molecule has 0 heterocycles. The molecule has 0 saturated carbocycles. The first-order valence-corrected chi connectivity index (χ1v) is 3.64. The van der Waals surface area contributed by atoms with Gasteiger partial charge in [-0.2, -0.15) is 0 Å². The first kappa shape index (κ1) is 8.28.